The van der Waals surface area contributed by atoms with Crippen LogP contribution in [-0.2, 0) is 11.2 Å². The van der Waals surface area contributed by atoms with Crippen molar-refractivity contribution in [3.05, 3.63) is 35.4 Å². The zero-order chi connectivity index (χ0) is 13.1. The molecule has 1 rings (SSSR count). The van der Waals surface area contributed by atoms with Crippen LogP contribution in [0.1, 0.15) is 38.3 Å². The van der Waals surface area contributed by atoms with Gasteiger partial charge in [-0.25, -0.2) is 0 Å². The minimum absolute atomic E-state index is 0.0110. The number of hydrogen-bond donors (Lipinski definition) is 1. The predicted octanol–water partition coefficient (Wildman–Crippen LogP) is 2.87. The maximum Gasteiger partial charge on any atom is 0.138 e. The lowest BCUT2D eigenvalue weighted by Crippen LogP contribution is -2.37. The zero-order valence-electron chi connectivity index (χ0n) is 11.3. The Kier molecular flexibility index (Phi) is 4.47. The molecule has 0 aliphatic rings. The summed E-state index contributed by atoms with van der Waals surface area (Å²) < 4.78 is 0. The third kappa shape index (κ3) is 4.70. The molecule has 0 aromatic heterocycles. The first-order valence-corrected chi connectivity index (χ1v) is 6.12. The van der Waals surface area contributed by atoms with Gasteiger partial charge in [0.1, 0.15) is 5.78 Å². The summed E-state index contributed by atoms with van der Waals surface area (Å²) >= 11 is 0. The van der Waals surface area contributed by atoms with Crippen LogP contribution >= 0.6 is 0 Å². The van der Waals surface area contributed by atoms with E-state index in [0.29, 0.717) is 12.8 Å². The van der Waals surface area contributed by atoms with Gasteiger partial charge in [0.2, 0.25) is 0 Å². The highest BCUT2D eigenvalue weighted by atomic mass is 16.1. The average Bonchev–Trinajstić information content (AvgIpc) is 2.20. The van der Waals surface area contributed by atoms with Crippen molar-refractivity contribution in [3.63, 3.8) is 0 Å². The highest BCUT2D eigenvalue weighted by molar-refractivity contribution is 5.81. The van der Waals surface area contributed by atoms with Crippen molar-refractivity contribution >= 4 is 5.78 Å². The Morgan fingerprint density at radius 3 is 2.24 bits per heavy atom. The Morgan fingerprint density at radius 2 is 1.76 bits per heavy atom. The largest absolute Gasteiger partial charge is 0.327 e. The number of ketones is 1. The SMILES string of the molecule is Cc1ccc(CC(=O)CC(N)C(C)(C)C)cc1. The molecule has 0 fully saturated rings. The average molecular weight is 233 g/mol. The van der Waals surface area contributed by atoms with Crippen molar-refractivity contribution < 1.29 is 4.79 Å². The second-order valence-electron chi connectivity index (χ2n) is 5.88. The number of benzene rings is 1. The summed E-state index contributed by atoms with van der Waals surface area (Å²) in [5.41, 5.74) is 8.28. The molecule has 0 radical (unpaired) electrons. The molecule has 0 saturated heterocycles. The topological polar surface area (TPSA) is 43.1 Å². The van der Waals surface area contributed by atoms with Gasteiger partial charge in [0.25, 0.3) is 0 Å². The Labute approximate surface area is 104 Å². The van der Waals surface area contributed by atoms with Crippen molar-refractivity contribution in [2.24, 2.45) is 11.1 Å². The summed E-state index contributed by atoms with van der Waals surface area (Å²) in [5.74, 6) is 0.219. The van der Waals surface area contributed by atoms with Crippen molar-refractivity contribution in [2.75, 3.05) is 0 Å². The smallest absolute Gasteiger partial charge is 0.138 e. The molecule has 94 valence electrons. The van der Waals surface area contributed by atoms with Gasteiger partial charge in [-0.1, -0.05) is 50.6 Å². The number of nitrogens with two attached hydrogens (primary N) is 1. The van der Waals surface area contributed by atoms with Gasteiger partial charge < -0.3 is 5.73 Å². The van der Waals surface area contributed by atoms with Gasteiger partial charge in [-0.3, -0.25) is 4.79 Å². The van der Waals surface area contributed by atoms with E-state index in [2.05, 4.69) is 20.8 Å². The second kappa shape index (κ2) is 5.46. The van der Waals surface area contributed by atoms with E-state index in [1.54, 1.807) is 0 Å². The van der Waals surface area contributed by atoms with Crippen LogP contribution in [0.5, 0.6) is 0 Å². The summed E-state index contributed by atoms with van der Waals surface area (Å²) in [6.45, 7) is 8.24. The molecule has 1 aromatic rings. The molecule has 1 unspecified atom stereocenters. The first-order chi connectivity index (χ1) is 7.79. The fourth-order valence-electron chi connectivity index (χ4n) is 1.56. The Hall–Kier alpha value is -1.15. The van der Waals surface area contributed by atoms with Crippen molar-refractivity contribution in [3.8, 4) is 0 Å². The number of carbonyl (C=O) groups excluding carboxylic acids is 1. The second-order valence-corrected chi connectivity index (χ2v) is 5.88. The third-order valence-corrected chi connectivity index (χ3v) is 3.08. The van der Waals surface area contributed by atoms with Crippen LogP contribution in [0.4, 0.5) is 0 Å². The van der Waals surface area contributed by atoms with Crippen LogP contribution in [0.2, 0.25) is 0 Å². The lowest BCUT2D eigenvalue weighted by atomic mass is 9.84. The van der Waals surface area contributed by atoms with Gasteiger partial charge in [-0.15, -0.1) is 0 Å². The number of rotatable bonds is 4. The number of hydrogen-bond acceptors (Lipinski definition) is 2. The minimum atomic E-state index is -0.0690. The van der Waals surface area contributed by atoms with Gasteiger partial charge in [-0.05, 0) is 17.9 Å². The molecule has 0 bridgehead atoms. The van der Waals surface area contributed by atoms with E-state index in [1.165, 1.54) is 5.56 Å². The van der Waals surface area contributed by atoms with E-state index in [4.69, 9.17) is 5.73 Å². The fraction of sp³-hybridized carbons (Fsp3) is 0.533. The molecule has 2 nitrogen and oxygen atoms in total. The lowest BCUT2D eigenvalue weighted by molar-refractivity contribution is -0.119. The quantitative estimate of drug-likeness (QED) is 0.869. The third-order valence-electron chi connectivity index (χ3n) is 3.08. The van der Waals surface area contributed by atoms with Gasteiger partial charge in [-0.2, -0.15) is 0 Å². The lowest BCUT2D eigenvalue weighted by Gasteiger charge is -2.26. The summed E-state index contributed by atoms with van der Waals surface area (Å²) in [6.07, 6.45) is 0.946. The van der Waals surface area contributed by atoms with Crippen LogP contribution in [-0.4, -0.2) is 11.8 Å². The van der Waals surface area contributed by atoms with Crippen LogP contribution in [0.3, 0.4) is 0 Å². The molecule has 0 aliphatic heterocycles. The maximum atomic E-state index is 11.9. The molecular formula is C15H23NO. The van der Waals surface area contributed by atoms with Crippen molar-refractivity contribution in [1.29, 1.82) is 0 Å². The highest BCUT2D eigenvalue weighted by Gasteiger charge is 2.22. The van der Waals surface area contributed by atoms with Gasteiger partial charge in [0, 0.05) is 18.9 Å². The summed E-state index contributed by atoms with van der Waals surface area (Å²) in [6, 6.07) is 8.02. The monoisotopic (exact) mass is 233 g/mol. The molecule has 0 amide bonds. The van der Waals surface area contributed by atoms with E-state index < -0.39 is 0 Å². The van der Waals surface area contributed by atoms with E-state index in [1.807, 2.05) is 31.2 Å². The first kappa shape index (κ1) is 13.9. The standard InChI is InChI=1S/C15H23NO/c1-11-5-7-12(8-6-11)9-13(17)10-14(16)15(2,3)4/h5-8,14H,9-10,16H2,1-4H3. The molecule has 1 aromatic carbocycles. The molecule has 0 saturated carbocycles. The van der Waals surface area contributed by atoms with E-state index in [-0.39, 0.29) is 17.2 Å². The summed E-state index contributed by atoms with van der Waals surface area (Å²) in [5, 5.41) is 0. The number of Topliss-reactive ketones (excluding diaryl/α,β-unsaturated/α-hetero) is 1. The van der Waals surface area contributed by atoms with Crippen molar-refractivity contribution in [2.45, 2.75) is 46.6 Å². The zero-order valence-corrected chi connectivity index (χ0v) is 11.3. The molecule has 2 N–H and O–H groups in total. The molecule has 2 heteroatoms. The van der Waals surface area contributed by atoms with E-state index in [0.717, 1.165) is 5.56 Å². The maximum absolute atomic E-state index is 11.9. The number of aryl methyl sites for hydroxylation is 1. The number of carbonyl (C=O) groups is 1. The van der Waals surface area contributed by atoms with Crippen LogP contribution < -0.4 is 5.73 Å². The Balaban J connectivity index is 2.53. The van der Waals surface area contributed by atoms with Gasteiger partial charge in [0.05, 0.1) is 0 Å². The van der Waals surface area contributed by atoms with Crippen LogP contribution in [0, 0.1) is 12.3 Å². The highest BCUT2D eigenvalue weighted by Crippen LogP contribution is 2.20. The Bertz CT molecular complexity index is 373. The summed E-state index contributed by atoms with van der Waals surface area (Å²) in [4.78, 5) is 11.9. The van der Waals surface area contributed by atoms with E-state index in [9.17, 15) is 4.79 Å². The molecule has 0 aliphatic carbocycles. The fourth-order valence-corrected chi connectivity index (χ4v) is 1.56. The van der Waals surface area contributed by atoms with Gasteiger partial charge in [0.15, 0.2) is 0 Å². The molecule has 17 heavy (non-hydrogen) atoms. The minimum Gasteiger partial charge on any atom is -0.327 e. The van der Waals surface area contributed by atoms with E-state index >= 15 is 0 Å². The normalized spacial score (nSPS) is 13.5. The van der Waals surface area contributed by atoms with Crippen molar-refractivity contribution in [1.82, 2.24) is 0 Å². The van der Waals surface area contributed by atoms with Crippen LogP contribution in [0.15, 0.2) is 24.3 Å². The van der Waals surface area contributed by atoms with Gasteiger partial charge >= 0.3 is 0 Å². The predicted molar refractivity (Wildman–Crippen MR) is 71.9 cm³/mol. The molecule has 1 atom stereocenters. The molecular weight excluding hydrogens is 210 g/mol. The Morgan fingerprint density at radius 1 is 1.24 bits per heavy atom. The van der Waals surface area contributed by atoms with Crippen LogP contribution in [0.25, 0.3) is 0 Å². The summed E-state index contributed by atoms with van der Waals surface area (Å²) in [7, 11) is 0. The first-order valence-electron chi connectivity index (χ1n) is 6.12. The molecule has 0 heterocycles. The molecule has 0 spiro atoms.